The highest BCUT2D eigenvalue weighted by atomic mass is 16.5. The van der Waals surface area contributed by atoms with Crippen molar-refractivity contribution in [1.82, 2.24) is 9.88 Å². The number of phenols is 1. The second kappa shape index (κ2) is 9.39. The zero-order valence-corrected chi connectivity index (χ0v) is 19.2. The van der Waals surface area contributed by atoms with Crippen molar-refractivity contribution in [2.75, 3.05) is 0 Å². The first-order valence-corrected chi connectivity index (χ1v) is 11.0. The summed E-state index contributed by atoms with van der Waals surface area (Å²) in [6.45, 7) is 5.84. The van der Waals surface area contributed by atoms with Crippen LogP contribution in [0.15, 0.2) is 72.6 Å². The number of pyridine rings is 1. The van der Waals surface area contributed by atoms with Crippen molar-refractivity contribution >= 4 is 17.4 Å². The van der Waals surface area contributed by atoms with E-state index in [-0.39, 0.29) is 29.7 Å². The maximum Gasteiger partial charge on any atom is 0.295 e. The lowest BCUT2D eigenvalue weighted by atomic mass is 9.94. The highest BCUT2D eigenvalue weighted by Gasteiger charge is 2.46. The Morgan fingerprint density at radius 2 is 1.85 bits per heavy atom. The van der Waals surface area contributed by atoms with Gasteiger partial charge in [0.15, 0.2) is 0 Å². The standard InChI is InChI=1S/C27H26N2O5/c1-16(2)34-22-11-8-20(13-17(22)3)25(31)23-24(19-6-9-21(30)10-7-19)29(27(33)26(23)32)15-18-5-4-12-28-14-18/h4-14,16,24,30-31H,15H2,1-3H3/b25-23-. The second-order valence-electron chi connectivity index (χ2n) is 8.53. The van der Waals surface area contributed by atoms with E-state index in [4.69, 9.17) is 4.74 Å². The molecule has 1 aliphatic rings. The van der Waals surface area contributed by atoms with Crippen LogP contribution >= 0.6 is 0 Å². The third kappa shape index (κ3) is 4.50. The Balaban J connectivity index is 1.82. The van der Waals surface area contributed by atoms with Crippen molar-refractivity contribution in [3.63, 3.8) is 0 Å². The number of hydrogen-bond acceptors (Lipinski definition) is 6. The van der Waals surface area contributed by atoms with Crippen LogP contribution in [-0.2, 0) is 16.1 Å². The number of aliphatic hydroxyl groups is 1. The van der Waals surface area contributed by atoms with Crippen LogP contribution in [0.3, 0.4) is 0 Å². The molecule has 2 N–H and O–H groups in total. The predicted octanol–water partition coefficient (Wildman–Crippen LogP) is 4.50. The molecular weight excluding hydrogens is 432 g/mol. The number of aliphatic hydroxyl groups excluding tert-OH is 1. The molecule has 2 heterocycles. The van der Waals surface area contributed by atoms with E-state index in [0.29, 0.717) is 16.9 Å². The van der Waals surface area contributed by atoms with Gasteiger partial charge in [0, 0.05) is 24.5 Å². The zero-order valence-electron chi connectivity index (χ0n) is 19.2. The molecule has 1 saturated heterocycles. The summed E-state index contributed by atoms with van der Waals surface area (Å²) < 4.78 is 5.77. The molecule has 0 radical (unpaired) electrons. The molecule has 1 amide bonds. The fraction of sp³-hybridized carbons (Fsp3) is 0.222. The molecule has 34 heavy (non-hydrogen) atoms. The molecule has 1 aromatic heterocycles. The lowest BCUT2D eigenvalue weighted by molar-refractivity contribution is -0.140. The molecule has 174 valence electrons. The number of carbonyl (C=O) groups is 2. The molecule has 0 aliphatic carbocycles. The maximum atomic E-state index is 13.2. The van der Waals surface area contributed by atoms with Crippen LogP contribution in [0.2, 0.25) is 0 Å². The number of phenolic OH excluding ortho intramolecular Hbond substituents is 1. The maximum absolute atomic E-state index is 13.2. The summed E-state index contributed by atoms with van der Waals surface area (Å²) in [5.74, 6) is -0.994. The van der Waals surface area contributed by atoms with Crippen LogP contribution in [-0.4, -0.2) is 37.9 Å². The van der Waals surface area contributed by atoms with E-state index in [1.54, 1.807) is 48.8 Å². The third-order valence-corrected chi connectivity index (χ3v) is 5.64. The third-order valence-electron chi connectivity index (χ3n) is 5.64. The first-order chi connectivity index (χ1) is 16.3. The lowest BCUT2D eigenvalue weighted by Gasteiger charge is -2.25. The van der Waals surface area contributed by atoms with Crippen molar-refractivity contribution in [3.05, 3.63) is 94.8 Å². The van der Waals surface area contributed by atoms with E-state index in [1.807, 2.05) is 26.8 Å². The minimum absolute atomic E-state index is 0.00323. The summed E-state index contributed by atoms with van der Waals surface area (Å²) >= 11 is 0. The van der Waals surface area contributed by atoms with Gasteiger partial charge in [0.05, 0.1) is 17.7 Å². The second-order valence-corrected chi connectivity index (χ2v) is 8.53. The summed E-state index contributed by atoms with van der Waals surface area (Å²) in [6, 6.07) is 14.1. The number of nitrogens with zero attached hydrogens (tertiary/aromatic N) is 2. The first kappa shape index (κ1) is 23.0. The molecule has 1 atom stereocenters. The molecule has 1 aliphatic heterocycles. The van der Waals surface area contributed by atoms with Gasteiger partial charge in [-0.3, -0.25) is 14.6 Å². The number of likely N-dealkylation sites (tertiary alicyclic amines) is 1. The molecular formula is C27H26N2O5. The quantitative estimate of drug-likeness (QED) is 0.320. The number of ketones is 1. The molecule has 7 nitrogen and oxygen atoms in total. The van der Waals surface area contributed by atoms with Crippen LogP contribution < -0.4 is 4.74 Å². The Bertz CT molecular complexity index is 1250. The van der Waals surface area contributed by atoms with E-state index < -0.39 is 17.7 Å². The number of aromatic hydroxyl groups is 1. The van der Waals surface area contributed by atoms with Crippen LogP contribution in [0.5, 0.6) is 11.5 Å². The molecule has 1 unspecified atom stereocenters. The highest BCUT2D eigenvalue weighted by molar-refractivity contribution is 6.46. The fourth-order valence-corrected chi connectivity index (χ4v) is 4.07. The van der Waals surface area contributed by atoms with Gasteiger partial charge in [-0.15, -0.1) is 0 Å². The first-order valence-electron chi connectivity index (χ1n) is 11.0. The lowest BCUT2D eigenvalue weighted by Crippen LogP contribution is -2.29. The van der Waals surface area contributed by atoms with Gasteiger partial charge >= 0.3 is 0 Å². The molecule has 4 rings (SSSR count). The van der Waals surface area contributed by atoms with Gasteiger partial charge in [-0.25, -0.2) is 0 Å². The van der Waals surface area contributed by atoms with Gasteiger partial charge in [0.1, 0.15) is 17.3 Å². The van der Waals surface area contributed by atoms with E-state index >= 15 is 0 Å². The summed E-state index contributed by atoms with van der Waals surface area (Å²) in [4.78, 5) is 31.8. The van der Waals surface area contributed by atoms with E-state index in [1.165, 1.54) is 17.0 Å². The number of carbonyl (C=O) groups excluding carboxylic acids is 2. The van der Waals surface area contributed by atoms with Gasteiger partial charge in [-0.1, -0.05) is 18.2 Å². The molecule has 0 saturated carbocycles. The number of rotatable bonds is 6. The molecule has 0 spiro atoms. The number of aryl methyl sites for hydroxylation is 1. The van der Waals surface area contributed by atoms with Crippen molar-refractivity contribution in [1.29, 1.82) is 0 Å². The Hall–Kier alpha value is -4.13. The predicted molar refractivity (Wildman–Crippen MR) is 127 cm³/mol. The topological polar surface area (TPSA) is 100.0 Å². The van der Waals surface area contributed by atoms with Gasteiger partial charge in [0.25, 0.3) is 11.7 Å². The van der Waals surface area contributed by atoms with Gasteiger partial charge in [-0.2, -0.15) is 0 Å². The number of aromatic nitrogens is 1. The largest absolute Gasteiger partial charge is 0.508 e. The van der Waals surface area contributed by atoms with Gasteiger partial charge in [-0.05, 0) is 73.9 Å². The monoisotopic (exact) mass is 458 g/mol. The Morgan fingerprint density at radius 3 is 2.47 bits per heavy atom. The highest BCUT2D eigenvalue weighted by Crippen LogP contribution is 2.41. The van der Waals surface area contributed by atoms with Crippen molar-refractivity contribution in [2.45, 2.75) is 39.5 Å². The number of amides is 1. The summed E-state index contributed by atoms with van der Waals surface area (Å²) in [6.07, 6.45) is 3.25. The SMILES string of the molecule is Cc1cc(/C(O)=C2/C(=O)C(=O)N(Cc3cccnc3)C2c2ccc(O)cc2)ccc1OC(C)C. The Kier molecular flexibility index (Phi) is 6.36. The number of Topliss-reactive ketones (excluding diaryl/α,β-unsaturated/α-hetero) is 1. The van der Waals surface area contributed by atoms with Crippen LogP contribution in [0, 0.1) is 6.92 Å². The van der Waals surface area contributed by atoms with Crippen molar-refractivity contribution in [2.24, 2.45) is 0 Å². The normalized spacial score (nSPS) is 17.4. The summed E-state index contributed by atoms with van der Waals surface area (Å²) in [7, 11) is 0. The molecule has 2 aromatic carbocycles. The summed E-state index contributed by atoms with van der Waals surface area (Å²) in [5.41, 5.74) is 2.55. The van der Waals surface area contributed by atoms with E-state index in [0.717, 1.165) is 11.1 Å². The molecule has 3 aromatic rings. The van der Waals surface area contributed by atoms with Crippen LogP contribution in [0.25, 0.3) is 5.76 Å². The van der Waals surface area contributed by atoms with Gasteiger partial charge < -0.3 is 19.8 Å². The molecule has 1 fully saturated rings. The average Bonchev–Trinajstić information content (AvgIpc) is 3.06. The van der Waals surface area contributed by atoms with E-state index in [9.17, 15) is 19.8 Å². The summed E-state index contributed by atoms with van der Waals surface area (Å²) in [5, 5.41) is 21.0. The fourth-order valence-electron chi connectivity index (χ4n) is 4.07. The van der Waals surface area contributed by atoms with Crippen molar-refractivity contribution < 1.29 is 24.5 Å². The minimum Gasteiger partial charge on any atom is -0.508 e. The Labute approximate surface area is 198 Å². The number of hydrogen-bond donors (Lipinski definition) is 2. The zero-order chi connectivity index (χ0) is 24.4. The van der Waals surface area contributed by atoms with E-state index in [2.05, 4.69) is 4.98 Å². The Morgan fingerprint density at radius 1 is 1.12 bits per heavy atom. The molecule has 0 bridgehead atoms. The molecule has 7 heteroatoms. The number of benzene rings is 2. The number of ether oxygens (including phenoxy) is 1. The average molecular weight is 459 g/mol. The smallest absolute Gasteiger partial charge is 0.295 e. The van der Waals surface area contributed by atoms with Crippen LogP contribution in [0.4, 0.5) is 0 Å². The minimum atomic E-state index is -0.826. The van der Waals surface area contributed by atoms with Gasteiger partial charge in [0.2, 0.25) is 0 Å². The van der Waals surface area contributed by atoms with Crippen LogP contribution in [0.1, 0.15) is 42.1 Å². The van der Waals surface area contributed by atoms with Crippen molar-refractivity contribution in [3.8, 4) is 11.5 Å².